The Kier molecular flexibility index (Phi) is 5.33. The molecule has 0 radical (unpaired) electrons. The van der Waals surface area contributed by atoms with Crippen molar-refractivity contribution in [1.29, 1.82) is 0 Å². The van der Waals surface area contributed by atoms with Crippen molar-refractivity contribution < 1.29 is 14.3 Å². The molecule has 15 heavy (non-hydrogen) atoms. The van der Waals surface area contributed by atoms with Crippen molar-refractivity contribution in [2.75, 3.05) is 6.61 Å². The van der Waals surface area contributed by atoms with E-state index in [1.54, 1.807) is 13.8 Å². The third-order valence-electron chi connectivity index (χ3n) is 1.99. The van der Waals surface area contributed by atoms with Gasteiger partial charge in [-0.15, -0.1) is 0 Å². The fraction of sp³-hybridized carbons (Fsp3) is 0.818. The fourth-order valence-electron chi connectivity index (χ4n) is 1.68. The molecular formula is C11H21NO3. The summed E-state index contributed by atoms with van der Waals surface area (Å²) in [6.07, 6.45) is 0.575. The lowest BCUT2D eigenvalue weighted by Gasteiger charge is -2.29. The number of nitrogens with one attached hydrogen (secondary N) is 1. The van der Waals surface area contributed by atoms with E-state index < -0.39 is 5.54 Å². The maximum atomic E-state index is 11.7. The minimum absolute atomic E-state index is 0.216. The van der Waals surface area contributed by atoms with Crippen LogP contribution in [0, 0.1) is 5.92 Å². The quantitative estimate of drug-likeness (QED) is 0.707. The summed E-state index contributed by atoms with van der Waals surface area (Å²) in [5, 5.41) is 2.66. The van der Waals surface area contributed by atoms with E-state index in [2.05, 4.69) is 5.32 Å². The molecule has 0 aliphatic rings. The maximum absolute atomic E-state index is 11.7. The van der Waals surface area contributed by atoms with Gasteiger partial charge in [0.1, 0.15) is 5.54 Å². The summed E-state index contributed by atoms with van der Waals surface area (Å²) >= 11 is 0. The molecule has 0 unspecified atom stereocenters. The molecule has 0 aliphatic heterocycles. The average molecular weight is 215 g/mol. The minimum Gasteiger partial charge on any atom is -0.464 e. The predicted octanol–water partition coefficient (Wildman–Crippen LogP) is 1.49. The molecule has 0 spiro atoms. The van der Waals surface area contributed by atoms with Gasteiger partial charge in [-0.25, -0.2) is 4.79 Å². The number of amides is 1. The minimum atomic E-state index is -0.907. The Morgan fingerprint density at radius 2 is 1.93 bits per heavy atom. The summed E-state index contributed by atoms with van der Waals surface area (Å²) in [4.78, 5) is 22.7. The van der Waals surface area contributed by atoms with Crippen LogP contribution in [0.4, 0.5) is 0 Å². The van der Waals surface area contributed by atoms with Crippen LogP contribution in [-0.2, 0) is 14.3 Å². The Morgan fingerprint density at radius 3 is 2.27 bits per heavy atom. The maximum Gasteiger partial charge on any atom is 0.331 e. The number of carbonyl (C=O) groups excluding carboxylic acids is 2. The van der Waals surface area contributed by atoms with Crippen LogP contribution >= 0.6 is 0 Å². The molecule has 0 aromatic heterocycles. The van der Waals surface area contributed by atoms with Crippen LogP contribution in [0.5, 0.6) is 0 Å². The first kappa shape index (κ1) is 13.9. The average Bonchev–Trinajstić information content (AvgIpc) is 2.01. The van der Waals surface area contributed by atoms with Crippen molar-refractivity contribution in [2.45, 2.75) is 46.6 Å². The zero-order valence-electron chi connectivity index (χ0n) is 10.2. The number of rotatable bonds is 5. The van der Waals surface area contributed by atoms with Crippen molar-refractivity contribution in [3.8, 4) is 0 Å². The van der Waals surface area contributed by atoms with E-state index in [-0.39, 0.29) is 11.9 Å². The van der Waals surface area contributed by atoms with Crippen LogP contribution < -0.4 is 5.32 Å². The highest BCUT2D eigenvalue weighted by Crippen LogP contribution is 2.18. The van der Waals surface area contributed by atoms with Crippen LogP contribution in [0.3, 0.4) is 0 Å². The van der Waals surface area contributed by atoms with Gasteiger partial charge in [0.2, 0.25) is 5.91 Å². The van der Waals surface area contributed by atoms with Crippen LogP contribution in [0.1, 0.15) is 41.0 Å². The van der Waals surface area contributed by atoms with E-state index in [1.165, 1.54) is 6.92 Å². The summed E-state index contributed by atoms with van der Waals surface area (Å²) in [5.41, 5.74) is -0.907. The number of esters is 1. The molecule has 0 aromatic carbocycles. The molecule has 88 valence electrons. The zero-order valence-corrected chi connectivity index (χ0v) is 10.2. The number of hydrogen-bond donors (Lipinski definition) is 1. The number of hydrogen-bond acceptors (Lipinski definition) is 3. The predicted molar refractivity (Wildman–Crippen MR) is 58.3 cm³/mol. The van der Waals surface area contributed by atoms with Gasteiger partial charge < -0.3 is 10.1 Å². The van der Waals surface area contributed by atoms with Crippen LogP contribution in [-0.4, -0.2) is 24.0 Å². The first-order valence-electron chi connectivity index (χ1n) is 5.27. The summed E-state index contributed by atoms with van der Waals surface area (Å²) in [6, 6.07) is 0. The Hall–Kier alpha value is -1.06. The molecule has 0 saturated carbocycles. The van der Waals surface area contributed by atoms with Gasteiger partial charge in [-0.2, -0.15) is 0 Å². The molecule has 0 rings (SSSR count). The SMILES string of the molecule is CCOC(=O)[C@](C)(CC(C)C)NC(C)=O. The summed E-state index contributed by atoms with van der Waals surface area (Å²) in [5.74, 6) is -0.272. The van der Waals surface area contributed by atoms with Crippen LogP contribution in [0.15, 0.2) is 0 Å². The highest BCUT2D eigenvalue weighted by molar-refractivity contribution is 5.86. The monoisotopic (exact) mass is 215 g/mol. The summed E-state index contributed by atoms with van der Waals surface area (Å²) in [6.45, 7) is 9.18. The molecule has 1 N–H and O–H groups in total. The van der Waals surface area contributed by atoms with E-state index in [0.29, 0.717) is 18.9 Å². The Balaban J connectivity index is 4.67. The van der Waals surface area contributed by atoms with Gasteiger partial charge in [0.15, 0.2) is 0 Å². The lowest BCUT2D eigenvalue weighted by Crippen LogP contribution is -2.53. The normalized spacial score (nSPS) is 14.5. The van der Waals surface area contributed by atoms with Gasteiger partial charge in [0, 0.05) is 6.92 Å². The van der Waals surface area contributed by atoms with Crippen molar-refractivity contribution in [2.24, 2.45) is 5.92 Å². The molecule has 0 bridgehead atoms. The van der Waals surface area contributed by atoms with Crippen molar-refractivity contribution in [3.05, 3.63) is 0 Å². The van der Waals surface area contributed by atoms with Gasteiger partial charge in [-0.3, -0.25) is 4.79 Å². The van der Waals surface area contributed by atoms with Gasteiger partial charge in [-0.05, 0) is 26.2 Å². The fourth-order valence-corrected chi connectivity index (χ4v) is 1.68. The van der Waals surface area contributed by atoms with Crippen molar-refractivity contribution in [1.82, 2.24) is 5.32 Å². The molecule has 0 aromatic rings. The second-order valence-electron chi connectivity index (χ2n) is 4.33. The van der Waals surface area contributed by atoms with Crippen molar-refractivity contribution in [3.63, 3.8) is 0 Å². The zero-order chi connectivity index (χ0) is 12.1. The molecule has 0 saturated heterocycles. The molecular weight excluding hydrogens is 194 g/mol. The van der Waals surface area contributed by atoms with Gasteiger partial charge in [0.25, 0.3) is 0 Å². The standard InChI is InChI=1S/C11H21NO3/c1-6-15-10(14)11(5,7-8(2)3)12-9(4)13/h8H,6-7H2,1-5H3,(H,12,13)/t11-/m0/s1. The van der Waals surface area contributed by atoms with Crippen LogP contribution in [0.2, 0.25) is 0 Å². The number of carbonyl (C=O) groups is 2. The van der Waals surface area contributed by atoms with E-state index in [1.807, 2.05) is 13.8 Å². The van der Waals surface area contributed by atoms with E-state index in [4.69, 9.17) is 4.74 Å². The summed E-state index contributed by atoms with van der Waals surface area (Å²) in [7, 11) is 0. The second-order valence-corrected chi connectivity index (χ2v) is 4.33. The Bertz CT molecular complexity index is 238. The molecule has 4 heteroatoms. The lowest BCUT2D eigenvalue weighted by atomic mass is 9.90. The van der Waals surface area contributed by atoms with E-state index >= 15 is 0 Å². The molecule has 0 fully saturated rings. The van der Waals surface area contributed by atoms with Crippen LogP contribution in [0.25, 0.3) is 0 Å². The third kappa shape index (κ3) is 4.81. The Morgan fingerprint density at radius 1 is 1.40 bits per heavy atom. The molecule has 1 amide bonds. The smallest absolute Gasteiger partial charge is 0.331 e. The summed E-state index contributed by atoms with van der Waals surface area (Å²) < 4.78 is 4.96. The number of ether oxygens (including phenoxy) is 1. The van der Waals surface area contributed by atoms with Gasteiger partial charge in [-0.1, -0.05) is 13.8 Å². The molecule has 0 aliphatic carbocycles. The molecule has 0 heterocycles. The first-order chi connectivity index (χ1) is 6.81. The topological polar surface area (TPSA) is 55.4 Å². The van der Waals surface area contributed by atoms with E-state index in [9.17, 15) is 9.59 Å². The van der Waals surface area contributed by atoms with E-state index in [0.717, 1.165) is 0 Å². The van der Waals surface area contributed by atoms with Crippen molar-refractivity contribution >= 4 is 11.9 Å². The largest absolute Gasteiger partial charge is 0.464 e. The lowest BCUT2D eigenvalue weighted by molar-refractivity contribution is -0.153. The highest BCUT2D eigenvalue weighted by Gasteiger charge is 2.36. The molecule has 4 nitrogen and oxygen atoms in total. The Labute approximate surface area is 91.4 Å². The van der Waals surface area contributed by atoms with Gasteiger partial charge in [0.05, 0.1) is 6.61 Å². The third-order valence-corrected chi connectivity index (χ3v) is 1.99. The van der Waals surface area contributed by atoms with Gasteiger partial charge >= 0.3 is 5.97 Å². The highest BCUT2D eigenvalue weighted by atomic mass is 16.5. The second kappa shape index (κ2) is 5.73. The molecule has 1 atom stereocenters. The first-order valence-corrected chi connectivity index (χ1v) is 5.27.